The third-order valence-corrected chi connectivity index (χ3v) is 4.62. The van der Waals surface area contributed by atoms with Gasteiger partial charge in [-0.1, -0.05) is 29.8 Å². The van der Waals surface area contributed by atoms with Gasteiger partial charge in [-0.05, 0) is 36.4 Å². The van der Waals surface area contributed by atoms with Crippen LogP contribution in [0.15, 0.2) is 66.5 Å². The molecular formula is C21H18ClN3O2. The number of carbonyl (C=O) groups is 1. The summed E-state index contributed by atoms with van der Waals surface area (Å²) in [6, 6.07) is 15.3. The second-order valence-corrected chi connectivity index (χ2v) is 6.87. The molecule has 27 heavy (non-hydrogen) atoms. The van der Waals surface area contributed by atoms with Crippen LogP contribution in [0.3, 0.4) is 0 Å². The molecule has 1 aromatic heterocycles. The number of aromatic nitrogens is 2. The Kier molecular flexibility index (Phi) is 4.69. The van der Waals surface area contributed by atoms with Crippen molar-refractivity contribution in [2.75, 3.05) is 13.7 Å². The van der Waals surface area contributed by atoms with Gasteiger partial charge in [-0.2, -0.15) is 5.10 Å². The van der Waals surface area contributed by atoms with Crippen molar-refractivity contribution < 1.29 is 9.53 Å². The van der Waals surface area contributed by atoms with E-state index in [4.69, 9.17) is 16.3 Å². The van der Waals surface area contributed by atoms with E-state index in [1.807, 2.05) is 48.7 Å². The molecule has 0 bridgehead atoms. The minimum atomic E-state index is -0.0758. The molecule has 2 heterocycles. The molecule has 0 radical (unpaired) electrons. The molecule has 1 aliphatic heterocycles. The lowest BCUT2D eigenvalue weighted by Gasteiger charge is -2.22. The van der Waals surface area contributed by atoms with Crippen LogP contribution in [0.4, 0.5) is 0 Å². The molecule has 0 saturated heterocycles. The molecule has 1 aliphatic rings. The first kappa shape index (κ1) is 17.4. The summed E-state index contributed by atoms with van der Waals surface area (Å²) in [5.41, 5.74) is 3.36. The second-order valence-electron chi connectivity index (χ2n) is 6.43. The third-order valence-electron chi connectivity index (χ3n) is 4.38. The number of ether oxygens (including phenoxy) is 1. The van der Waals surface area contributed by atoms with Gasteiger partial charge in [0.2, 0.25) is 0 Å². The predicted molar refractivity (Wildman–Crippen MR) is 105 cm³/mol. The van der Waals surface area contributed by atoms with Crippen molar-refractivity contribution >= 4 is 23.6 Å². The molecule has 0 atom stereocenters. The van der Waals surface area contributed by atoms with Gasteiger partial charge in [0.1, 0.15) is 12.4 Å². The molecule has 3 aromatic rings. The Morgan fingerprint density at radius 1 is 1.26 bits per heavy atom. The van der Waals surface area contributed by atoms with Gasteiger partial charge in [0, 0.05) is 35.9 Å². The van der Waals surface area contributed by atoms with Crippen LogP contribution in [0.5, 0.6) is 5.75 Å². The third kappa shape index (κ3) is 3.73. The molecule has 0 aliphatic carbocycles. The number of para-hydroxylation sites is 1. The quantitative estimate of drug-likeness (QED) is 0.689. The maximum absolute atomic E-state index is 12.8. The first-order valence-corrected chi connectivity index (χ1v) is 8.95. The minimum Gasteiger partial charge on any atom is -0.488 e. The fraction of sp³-hybridized carbons (Fsp3) is 0.143. The number of fused-ring (bicyclic) bond motifs is 1. The molecule has 4 rings (SSSR count). The maximum Gasteiger partial charge on any atom is 0.253 e. The summed E-state index contributed by atoms with van der Waals surface area (Å²) in [5.74, 6) is 0.663. The van der Waals surface area contributed by atoms with Gasteiger partial charge in [-0.3, -0.25) is 4.79 Å². The highest BCUT2D eigenvalue weighted by molar-refractivity contribution is 6.30. The number of likely N-dealkylation sites (N-methyl/N-ethyl adjacent to an activating group) is 1. The number of benzene rings is 2. The Balaban J connectivity index is 1.48. The SMILES string of the molecule is CN(Cc1cnn(-c2ccccc2)c1)C(=O)C1=Cc2cc(Cl)ccc2OC1. The Labute approximate surface area is 162 Å². The number of amides is 1. The largest absolute Gasteiger partial charge is 0.488 e. The molecule has 0 saturated carbocycles. The Hall–Kier alpha value is -3.05. The van der Waals surface area contributed by atoms with Crippen LogP contribution in [0.1, 0.15) is 11.1 Å². The fourth-order valence-corrected chi connectivity index (χ4v) is 3.21. The number of hydrogen-bond acceptors (Lipinski definition) is 3. The molecule has 5 nitrogen and oxygen atoms in total. The summed E-state index contributed by atoms with van der Waals surface area (Å²) in [7, 11) is 1.77. The van der Waals surface area contributed by atoms with Gasteiger partial charge in [0.15, 0.2) is 0 Å². The van der Waals surface area contributed by atoms with Gasteiger partial charge in [-0.15, -0.1) is 0 Å². The summed E-state index contributed by atoms with van der Waals surface area (Å²) < 4.78 is 7.48. The van der Waals surface area contributed by atoms with E-state index < -0.39 is 0 Å². The van der Waals surface area contributed by atoms with E-state index in [-0.39, 0.29) is 12.5 Å². The van der Waals surface area contributed by atoms with Crippen molar-refractivity contribution in [3.05, 3.63) is 82.6 Å². The number of carbonyl (C=O) groups excluding carboxylic acids is 1. The Morgan fingerprint density at radius 3 is 2.89 bits per heavy atom. The standard InChI is InChI=1S/C21H18ClN3O2/c1-24(12-15-11-23-25(13-15)19-5-3-2-4-6-19)21(26)17-9-16-10-18(22)7-8-20(16)27-14-17/h2-11,13H,12,14H2,1H3. The monoisotopic (exact) mass is 379 g/mol. The van der Waals surface area contributed by atoms with Crippen LogP contribution in [0.25, 0.3) is 11.8 Å². The molecule has 6 heteroatoms. The van der Waals surface area contributed by atoms with E-state index in [0.717, 1.165) is 22.6 Å². The highest BCUT2D eigenvalue weighted by Gasteiger charge is 2.21. The van der Waals surface area contributed by atoms with Gasteiger partial charge in [0.25, 0.3) is 5.91 Å². The van der Waals surface area contributed by atoms with E-state index in [0.29, 0.717) is 17.1 Å². The maximum atomic E-state index is 12.8. The molecule has 0 fully saturated rings. The lowest BCUT2D eigenvalue weighted by molar-refractivity contribution is -0.126. The molecule has 0 unspecified atom stereocenters. The van der Waals surface area contributed by atoms with Crippen LogP contribution in [-0.4, -0.2) is 34.2 Å². The first-order valence-electron chi connectivity index (χ1n) is 8.57. The fourth-order valence-electron chi connectivity index (χ4n) is 3.03. The molecule has 1 amide bonds. The molecule has 0 N–H and O–H groups in total. The van der Waals surface area contributed by atoms with Gasteiger partial charge in [0.05, 0.1) is 17.5 Å². The topological polar surface area (TPSA) is 47.4 Å². The van der Waals surface area contributed by atoms with Crippen LogP contribution >= 0.6 is 11.6 Å². The van der Waals surface area contributed by atoms with Gasteiger partial charge >= 0.3 is 0 Å². The van der Waals surface area contributed by atoms with E-state index in [2.05, 4.69) is 5.10 Å². The Morgan fingerprint density at radius 2 is 2.07 bits per heavy atom. The lowest BCUT2D eigenvalue weighted by atomic mass is 10.1. The highest BCUT2D eigenvalue weighted by atomic mass is 35.5. The molecule has 136 valence electrons. The van der Waals surface area contributed by atoms with Crippen molar-refractivity contribution in [2.24, 2.45) is 0 Å². The van der Waals surface area contributed by atoms with Crippen LogP contribution in [0.2, 0.25) is 5.02 Å². The van der Waals surface area contributed by atoms with Crippen molar-refractivity contribution in [2.45, 2.75) is 6.54 Å². The van der Waals surface area contributed by atoms with Gasteiger partial charge < -0.3 is 9.64 Å². The lowest BCUT2D eigenvalue weighted by Crippen LogP contribution is -2.30. The highest BCUT2D eigenvalue weighted by Crippen LogP contribution is 2.29. The zero-order valence-corrected chi connectivity index (χ0v) is 15.6. The summed E-state index contributed by atoms with van der Waals surface area (Å²) in [6.45, 7) is 0.715. The molecular weight excluding hydrogens is 362 g/mol. The summed E-state index contributed by atoms with van der Waals surface area (Å²) in [5, 5.41) is 4.99. The normalized spacial score (nSPS) is 12.7. The number of hydrogen-bond donors (Lipinski definition) is 0. The van der Waals surface area contributed by atoms with Crippen LogP contribution in [0, 0.1) is 0 Å². The van der Waals surface area contributed by atoms with Crippen molar-refractivity contribution in [3.63, 3.8) is 0 Å². The first-order chi connectivity index (χ1) is 13.1. The number of halogens is 1. The van der Waals surface area contributed by atoms with Crippen molar-refractivity contribution in [1.82, 2.24) is 14.7 Å². The van der Waals surface area contributed by atoms with E-state index in [9.17, 15) is 4.79 Å². The summed E-state index contributed by atoms with van der Waals surface area (Å²) in [4.78, 5) is 14.5. The second kappa shape index (κ2) is 7.29. The summed E-state index contributed by atoms with van der Waals surface area (Å²) in [6.07, 6.45) is 5.55. The van der Waals surface area contributed by atoms with Crippen molar-refractivity contribution in [3.8, 4) is 11.4 Å². The number of nitrogens with zero attached hydrogens (tertiary/aromatic N) is 3. The van der Waals surface area contributed by atoms with Gasteiger partial charge in [-0.25, -0.2) is 4.68 Å². The molecule has 0 spiro atoms. The zero-order valence-electron chi connectivity index (χ0n) is 14.8. The average molecular weight is 380 g/mol. The average Bonchev–Trinajstić information content (AvgIpc) is 3.16. The van der Waals surface area contributed by atoms with Crippen LogP contribution in [-0.2, 0) is 11.3 Å². The summed E-state index contributed by atoms with van der Waals surface area (Å²) >= 11 is 6.04. The van der Waals surface area contributed by atoms with E-state index in [1.54, 1.807) is 35.0 Å². The smallest absolute Gasteiger partial charge is 0.253 e. The molecule has 2 aromatic carbocycles. The Bertz CT molecular complexity index is 1010. The predicted octanol–water partition coefficient (Wildman–Crippen LogP) is 3.96. The van der Waals surface area contributed by atoms with E-state index >= 15 is 0 Å². The zero-order chi connectivity index (χ0) is 18.8. The number of rotatable bonds is 4. The van der Waals surface area contributed by atoms with E-state index in [1.165, 1.54) is 0 Å². The van der Waals surface area contributed by atoms with Crippen LogP contribution < -0.4 is 4.74 Å². The minimum absolute atomic E-state index is 0.0758. The van der Waals surface area contributed by atoms with Crippen molar-refractivity contribution in [1.29, 1.82) is 0 Å².